The van der Waals surface area contributed by atoms with E-state index < -0.39 is 17.6 Å². The van der Waals surface area contributed by atoms with Crippen LogP contribution in [0.5, 0.6) is 0 Å². The summed E-state index contributed by atoms with van der Waals surface area (Å²) in [5, 5.41) is 0.438. The zero-order valence-corrected chi connectivity index (χ0v) is 21.8. The van der Waals surface area contributed by atoms with Gasteiger partial charge in [-0.15, -0.1) is 0 Å². The zero-order chi connectivity index (χ0) is 26.9. The molecule has 3 aromatic rings. The first-order valence-electron chi connectivity index (χ1n) is 13.0. The van der Waals surface area contributed by atoms with Crippen molar-refractivity contribution < 1.29 is 17.6 Å². The maximum Gasteiger partial charge on any atom is 0.419 e. The molecule has 4 heterocycles. The molecule has 2 aliphatic rings. The number of hydrogen-bond donors (Lipinski definition) is 1. The average molecular weight is 551 g/mol. The van der Waals surface area contributed by atoms with Crippen LogP contribution in [0.25, 0.3) is 11.3 Å². The van der Waals surface area contributed by atoms with E-state index in [-0.39, 0.29) is 11.5 Å². The molecule has 0 aliphatic carbocycles. The van der Waals surface area contributed by atoms with Crippen molar-refractivity contribution in [2.24, 2.45) is 0 Å². The minimum absolute atomic E-state index is 0.127. The Bertz CT molecular complexity index is 1260. The van der Waals surface area contributed by atoms with Gasteiger partial charge in [0.1, 0.15) is 22.5 Å². The van der Waals surface area contributed by atoms with Crippen molar-refractivity contribution in [2.45, 2.75) is 50.7 Å². The van der Waals surface area contributed by atoms with E-state index >= 15 is 0 Å². The molecule has 2 aromatic heterocycles. The van der Waals surface area contributed by atoms with Gasteiger partial charge in [0.15, 0.2) is 0 Å². The fourth-order valence-electron chi connectivity index (χ4n) is 5.48. The maximum atomic E-state index is 13.9. The monoisotopic (exact) mass is 550 g/mol. The summed E-state index contributed by atoms with van der Waals surface area (Å²) in [5.41, 5.74) is 6.14. The summed E-state index contributed by atoms with van der Waals surface area (Å²) < 4.78 is 56.2. The van der Waals surface area contributed by atoms with Crippen LogP contribution in [0.1, 0.15) is 49.4 Å². The van der Waals surface area contributed by atoms with E-state index in [9.17, 15) is 17.6 Å². The van der Waals surface area contributed by atoms with Crippen LogP contribution in [0.2, 0.25) is 5.02 Å². The second-order valence-electron chi connectivity index (χ2n) is 10.1. The van der Waals surface area contributed by atoms with Crippen LogP contribution in [-0.4, -0.2) is 52.2 Å². The second-order valence-corrected chi connectivity index (χ2v) is 10.4. The summed E-state index contributed by atoms with van der Waals surface area (Å²) in [4.78, 5) is 13.5. The molecule has 2 saturated heterocycles. The standard InChI is InChI=1S/C27H31ClF4N6/c28-24-23(6-9-34-25(24)33)37-12-7-18(8-13-37)26-35-22(17-38(26)15-14-36-10-2-1-3-11-36)19-4-5-21(29)20(16-19)27(30,31)32/h4-6,9,16-18H,1-3,7-8,10-15H2,(H2,33,34). The predicted molar refractivity (Wildman–Crippen MR) is 141 cm³/mol. The largest absolute Gasteiger partial charge is 0.419 e. The topological polar surface area (TPSA) is 63.2 Å². The quantitative estimate of drug-likeness (QED) is 0.370. The van der Waals surface area contributed by atoms with Crippen molar-refractivity contribution in [3.63, 3.8) is 0 Å². The molecule has 2 N–H and O–H groups in total. The Morgan fingerprint density at radius 3 is 2.45 bits per heavy atom. The highest BCUT2D eigenvalue weighted by Crippen LogP contribution is 2.37. The number of halogens is 5. The Morgan fingerprint density at radius 1 is 1.00 bits per heavy atom. The highest BCUT2D eigenvalue weighted by Gasteiger charge is 2.35. The van der Waals surface area contributed by atoms with Crippen LogP contribution < -0.4 is 10.6 Å². The number of aromatic nitrogens is 3. The molecule has 0 bridgehead atoms. The predicted octanol–water partition coefficient (Wildman–Crippen LogP) is 6.21. The first-order valence-corrected chi connectivity index (χ1v) is 13.4. The van der Waals surface area contributed by atoms with Crippen molar-refractivity contribution in [3.8, 4) is 11.3 Å². The Morgan fingerprint density at radius 2 is 1.74 bits per heavy atom. The number of imidazole rings is 1. The van der Waals surface area contributed by atoms with Gasteiger partial charge < -0.3 is 20.1 Å². The van der Waals surface area contributed by atoms with Crippen LogP contribution in [0.3, 0.4) is 0 Å². The van der Waals surface area contributed by atoms with E-state index in [1.54, 1.807) is 6.20 Å². The van der Waals surface area contributed by atoms with Crippen molar-refractivity contribution in [1.29, 1.82) is 0 Å². The Balaban J connectivity index is 1.40. The summed E-state index contributed by atoms with van der Waals surface area (Å²) in [7, 11) is 0. The lowest BCUT2D eigenvalue weighted by Crippen LogP contribution is -2.35. The van der Waals surface area contributed by atoms with Gasteiger partial charge in [0.05, 0.1) is 16.9 Å². The third-order valence-electron chi connectivity index (χ3n) is 7.58. The molecule has 0 radical (unpaired) electrons. The van der Waals surface area contributed by atoms with E-state index in [0.717, 1.165) is 69.2 Å². The zero-order valence-electron chi connectivity index (χ0n) is 21.0. The molecule has 0 saturated carbocycles. The first-order chi connectivity index (χ1) is 18.2. The van der Waals surface area contributed by atoms with Gasteiger partial charge in [-0.3, -0.25) is 0 Å². The van der Waals surface area contributed by atoms with Gasteiger partial charge in [0.25, 0.3) is 0 Å². The smallest absolute Gasteiger partial charge is 0.382 e. The molecule has 11 heteroatoms. The minimum Gasteiger partial charge on any atom is -0.382 e. The number of pyridine rings is 1. The lowest BCUT2D eigenvalue weighted by Gasteiger charge is -2.34. The summed E-state index contributed by atoms with van der Waals surface area (Å²) >= 11 is 6.39. The van der Waals surface area contributed by atoms with Crippen molar-refractivity contribution in [1.82, 2.24) is 19.4 Å². The molecular formula is C27H31ClF4N6. The molecule has 2 fully saturated rings. The number of nitrogens with zero attached hydrogens (tertiary/aromatic N) is 5. The van der Waals surface area contributed by atoms with E-state index in [2.05, 4.69) is 19.4 Å². The van der Waals surface area contributed by atoms with Crippen LogP contribution >= 0.6 is 11.6 Å². The van der Waals surface area contributed by atoms with E-state index in [0.29, 0.717) is 23.1 Å². The molecule has 0 spiro atoms. The highest BCUT2D eigenvalue weighted by atomic mass is 35.5. The Kier molecular flexibility index (Phi) is 7.81. The summed E-state index contributed by atoms with van der Waals surface area (Å²) in [5.74, 6) is -0.00719. The highest BCUT2D eigenvalue weighted by molar-refractivity contribution is 6.35. The number of piperidine rings is 2. The average Bonchev–Trinajstić information content (AvgIpc) is 3.34. The first kappa shape index (κ1) is 26.7. The number of hydrogen-bond acceptors (Lipinski definition) is 5. The van der Waals surface area contributed by atoms with E-state index in [4.69, 9.17) is 22.3 Å². The normalized spacial score (nSPS) is 17.8. The van der Waals surface area contributed by atoms with Gasteiger partial charge in [-0.1, -0.05) is 18.0 Å². The number of benzene rings is 1. The fraction of sp³-hybridized carbons (Fsp3) is 0.481. The number of alkyl halides is 3. The molecule has 0 atom stereocenters. The Hall–Kier alpha value is -2.85. The van der Waals surface area contributed by atoms with Crippen molar-refractivity contribution in [2.75, 3.05) is 43.4 Å². The van der Waals surface area contributed by atoms with Crippen molar-refractivity contribution in [3.05, 3.63) is 58.9 Å². The number of nitrogen functional groups attached to an aromatic ring is 1. The van der Waals surface area contributed by atoms with E-state index in [1.165, 1.54) is 25.3 Å². The number of nitrogens with two attached hydrogens (primary N) is 1. The van der Waals surface area contributed by atoms with Crippen LogP contribution in [-0.2, 0) is 12.7 Å². The van der Waals surface area contributed by atoms with Gasteiger partial charge in [0, 0.05) is 50.1 Å². The summed E-state index contributed by atoms with van der Waals surface area (Å²) in [6.07, 6.45) is 3.89. The molecule has 5 rings (SSSR count). The lowest BCUT2D eigenvalue weighted by atomic mass is 9.95. The van der Waals surface area contributed by atoms with Crippen LogP contribution in [0.15, 0.2) is 36.7 Å². The summed E-state index contributed by atoms with van der Waals surface area (Å²) in [6, 6.07) is 4.94. The van der Waals surface area contributed by atoms with Gasteiger partial charge in [0.2, 0.25) is 0 Å². The van der Waals surface area contributed by atoms with Crippen LogP contribution in [0, 0.1) is 5.82 Å². The molecule has 38 heavy (non-hydrogen) atoms. The van der Waals surface area contributed by atoms with E-state index in [1.807, 2.05) is 12.3 Å². The van der Waals surface area contributed by atoms with Gasteiger partial charge >= 0.3 is 6.18 Å². The SMILES string of the molecule is Nc1nccc(N2CCC(c3nc(-c4ccc(F)c(C(F)(F)F)c4)cn3CCN3CCCCC3)CC2)c1Cl. The molecule has 204 valence electrons. The van der Waals surface area contributed by atoms with Gasteiger partial charge in [-0.2, -0.15) is 13.2 Å². The molecule has 6 nitrogen and oxygen atoms in total. The van der Waals surface area contributed by atoms with Crippen molar-refractivity contribution >= 4 is 23.1 Å². The molecular weight excluding hydrogens is 520 g/mol. The molecule has 2 aliphatic heterocycles. The third kappa shape index (κ3) is 5.76. The Labute approximate surface area is 224 Å². The molecule has 0 amide bonds. The summed E-state index contributed by atoms with van der Waals surface area (Å²) in [6.45, 7) is 5.12. The third-order valence-corrected chi connectivity index (χ3v) is 7.96. The van der Waals surface area contributed by atoms with Crippen LogP contribution in [0.4, 0.5) is 29.1 Å². The molecule has 1 aromatic carbocycles. The minimum atomic E-state index is -4.77. The van der Waals surface area contributed by atoms with Gasteiger partial charge in [-0.25, -0.2) is 14.4 Å². The fourth-order valence-corrected chi connectivity index (χ4v) is 5.71. The number of rotatable bonds is 6. The number of likely N-dealkylation sites (tertiary alicyclic amines) is 1. The second kappa shape index (κ2) is 11.1. The lowest BCUT2D eigenvalue weighted by molar-refractivity contribution is -0.139. The van der Waals surface area contributed by atoms with Gasteiger partial charge in [-0.05, 0) is 63.0 Å². The number of anilines is 2. The maximum absolute atomic E-state index is 13.9. The molecule has 0 unspecified atom stereocenters.